The van der Waals surface area contributed by atoms with Gasteiger partial charge in [0.25, 0.3) is 26.1 Å². The van der Waals surface area contributed by atoms with E-state index in [-0.39, 0.29) is 35.6 Å². The lowest BCUT2D eigenvalue weighted by atomic mass is 9.72. The number of nitrogen functional groups attached to an aromatic ring is 1. The van der Waals surface area contributed by atoms with E-state index >= 15 is 0 Å². The summed E-state index contributed by atoms with van der Waals surface area (Å²) in [7, 11) is -11.1. The fourth-order valence-electron chi connectivity index (χ4n) is 4.95. The van der Waals surface area contributed by atoms with Gasteiger partial charge in [0.1, 0.15) is 9.79 Å². The summed E-state index contributed by atoms with van der Waals surface area (Å²) in [6.45, 7) is 1.38. The van der Waals surface area contributed by atoms with Crippen molar-refractivity contribution >= 4 is 43.3 Å². The fraction of sp³-hybridized carbons (Fsp3) is 0.133. The highest BCUT2D eigenvalue weighted by Gasteiger charge is 2.72. The van der Waals surface area contributed by atoms with Gasteiger partial charge in [0.2, 0.25) is 5.41 Å². The Morgan fingerprint density at radius 1 is 0.646 bits per heavy atom. The van der Waals surface area contributed by atoms with Crippen LogP contribution in [0.2, 0.25) is 0 Å². The number of alkyl halides is 6. The van der Waals surface area contributed by atoms with Crippen molar-refractivity contribution in [3.8, 4) is 11.1 Å². The maximum atomic E-state index is 14.7. The molecular weight excluding hydrogens is 694 g/mol. The van der Waals surface area contributed by atoms with Crippen LogP contribution in [0.15, 0.2) is 94.7 Å². The molecule has 4 aromatic rings. The van der Waals surface area contributed by atoms with Crippen LogP contribution in [0.25, 0.3) is 11.1 Å². The molecule has 1 amide bonds. The Bertz CT molecular complexity index is 2120. The monoisotopic (exact) mass is 716 g/mol. The first-order valence-electron chi connectivity index (χ1n) is 13.1. The fourth-order valence-corrected chi connectivity index (χ4v) is 6.27. The van der Waals surface area contributed by atoms with E-state index < -0.39 is 76.2 Å². The second kappa shape index (κ2) is 12.3. The summed E-state index contributed by atoms with van der Waals surface area (Å²) in [4.78, 5) is 21.4. The molecule has 0 saturated heterocycles. The Kier molecular flexibility index (Phi) is 9.28. The van der Waals surface area contributed by atoms with E-state index in [2.05, 4.69) is 0 Å². The van der Waals surface area contributed by atoms with Crippen LogP contribution in [0.5, 0.6) is 0 Å². The standard InChI is InChI=1S/C30H22F6N2O8S2/c1-16(39)17-2-4-18(5-3-17)19-6-8-20(9-7-19)27(40)38-24-13-11-22(15-26(24)48(44,45)46)28(29(31,32)33,30(34,35)36)21-10-12-23(37)25(14-21)47(41,42)43/h2-15H,37H2,1H3,(H,38,40)(H,41,42,43)(H,44,45,46). The minimum atomic E-state index is -6.35. The molecule has 0 aliphatic rings. The number of benzene rings is 4. The van der Waals surface area contributed by atoms with Crippen molar-refractivity contribution in [2.24, 2.45) is 0 Å². The number of nitrogens with two attached hydrogens (primary N) is 1. The van der Waals surface area contributed by atoms with Crippen molar-refractivity contribution in [1.29, 1.82) is 0 Å². The van der Waals surface area contributed by atoms with Crippen molar-refractivity contribution in [1.82, 2.24) is 0 Å². The molecule has 4 aromatic carbocycles. The summed E-state index contributed by atoms with van der Waals surface area (Å²) in [6, 6.07) is 12.7. The normalized spacial score (nSPS) is 12.9. The Morgan fingerprint density at radius 2 is 1.06 bits per heavy atom. The molecule has 0 aromatic heterocycles. The molecule has 48 heavy (non-hydrogen) atoms. The van der Waals surface area contributed by atoms with Crippen LogP contribution in [0, 0.1) is 0 Å². The molecule has 254 valence electrons. The Hall–Kier alpha value is -4.78. The van der Waals surface area contributed by atoms with Gasteiger partial charge in [-0.05, 0) is 65.6 Å². The van der Waals surface area contributed by atoms with Crippen LogP contribution in [0.1, 0.15) is 38.8 Å². The van der Waals surface area contributed by atoms with Gasteiger partial charge in [-0.3, -0.25) is 18.7 Å². The SMILES string of the molecule is CC(=O)c1ccc(-c2ccc(C(=O)Nc3ccc(C(c4ccc(N)c(S(=O)(=O)O)c4)(C(F)(F)F)C(F)(F)F)cc3S(=O)(=O)O)cc2)cc1. The molecule has 0 atom stereocenters. The molecule has 0 radical (unpaired) electrons. The van der Waals surface area contributed by atoms with Gasteiger partial charge in [-0.25, -0.2) is 0 Å². The third-order valence-electron chi connectivity index (χ3n) is 7.29. The molecule has 0 spiro atoms. The van der Waals surface area contributed by atoms with Crippen LogP contribution in [-0.2, 0) is 25.7 Å². The summed E-state index contributed by atoms with van der Waals surface area (Å²) in [5.41, 5.74) is -3.69. The number of hydrogen-bond acceptors (Lipinski definition) is 7. The number of halogens is 6. The van der Waals surface area contributed by atoms with Gasteiger partial charge in [0.05, 0.1) is 11.4 Å². The van der Waals surface area contributed by atoms with Crippen LogP contribution < -0.4 is 11.1 Å². The van der Waals surface area contributed by atoms with Crippen molar-refractivity contribution in [3.05, 3.63) is 107 Å². The van der Waals surface area contributed by atoms with Crippen LogP contribution >= 0.6 is 0 Å². The van der Waals surface area contributed by atoms with E-state index in [4.69, 9.17) is 5.73 Å². The summed E-state index contributed by atoms with van der Waals surface area (Å²) < 4.78 is 155. The number of hydrogen-bond donors (Lipinski definition) is 4. The number of anilines is 2. The van der Waals surface area contributed by atoms with Gasteiger partial charge in [-0.2, -0.15) is 43.2 Å². The van der Waals surface area contributed by atoms with Crippen molar-refractivity contribution in [2.45, 2.75) is 34.5 Å². The van der Waals surface area contributed by atoms with E-state index in [9.17, 15) is 61.9 Å². The molecule has 0 aliphatic carbocycles. The number of nitrogens with one attached hydrogen (secondary N) is 1. The largest absolute Gasteiger partial charge is 0.411 e. The summed E-state index contributed by atoms with van der Waals surface area (Å²) in [6.07, 6.45) is -12.7. The minimum absolute atomic E-state index is 0.135. The minimum Gasteiger partial charge on any atom is -0.398 e. The first-order valence-corrected chi connectivity index (χ1v) is 16.0. The van der Waals surface area contributed by atoms with Gasteiger partial charge >= 0.3 is 12.4 Å². The zero-order chi connectivity index (χ0) is 36.0. The summed E-state index contributed by atoms with van der Waals surface area (Å²) >= 11 is 0. The van der Waals surface area contributed by atoms with Gasteiger partial charge in [0.15, 0.2) is 5.78 Å². The zero-order valence-corrected chi connectivity index (χ0v) is 25.7. The van der Waals surface area contributed by atoms with Gasteiger partial charge in [-0.15, -0.1) is 0 Å². The second-order valence-corrected chi connectivity index (χ2v) is 13.1. The lowest BCUT2D eigenvalue weighted by Gasteiger charge is -2.38. The first-order chi connectivity index (χ1) is 22.0. The molecule has 0 aliphatic heterocycles. The maximum Gasteiger partial charge on any atom is 0.411 e. The zero-order valence-electron chi connectivity index (χ0n) is 24.1. The lowest BCUT2D eigenvalue weighted by Crippen LogP contribution is -2.55. The average molecular weight is 717 g/mol. The van der Waals surface area contributed by atoms with Crippen molar-refractivity contribution in [3.63, 3.8) is 0 Å². The number of amides is 1. The van der Waals surface area contributed by atoms with E-state index in [1.165, 1.54) is 31.2 Å². The third-order valence-corrected chi connectivity index (χ3v) is 9.09. The number of carbonyl (C=O) groups excluding carboxylic acids is 2. The molecule has 10 nitrogen and oxygen atoms in total. The van der Waals surface area contributed by atoms with Gasteiger partial charge in [-0.1, -0.05) is 48.5 Å². The molecule has 18 heteroatoms. The molecule has 4 rings (SSSR count). The van der Waals surface area contributed by atoms with E-state index in [1.54, 1.807) is 24.3 Å². The van der Waals surface area contributed by atoms with E-state index in [0.29, 0.717) is 28.8 Å². The smallest absolute Gasteiger partial charge is 0.398 e. The van der Waals surface area contributed by atoms with Gasteiger partial charge in [0, 0.05) is 11.1 Å². The summed E-state index contributed by atoms with van der Waals surface area (Å²) in [5, 5.41) is 2.04. The lowest BCUT2D eigenvalue weighted by molar-refractivity contribution is -0.288. The number of rotatable bonds is 8. The van der Waals surface area contributed by atoms with Crippen LogP contribution in [-0.4, -0.2) is 50.0 Å². The van der Waals surface area contributed by atoms with Crippen molar-refractivity contribution < 1.29 is 61.9 Å². The highest BCUT2D eigenvalue weighted by atomic mass is 32.2. The Morgan fingerprint density at radius 3 is 1.48 bits per heavy atom. The number of carbonyl (C=O) groups is 2. The first kappa shape index (κ1) is 36.1. The highest BCUT2D eigenvalue weighted by molar-refractivity contribution is 7.86. The number of ketones is 1. The molecule has 0 bridgehead atoms. The predicted molar refractivity (Wildman–Crippen MR) is 160 cm³/mol. The average Bonchev–Trinajstić information content (AvgIpc) is 2.96. The molecule has 0 unspecified atom stereocenters. The van der Waals surface area contributed by atoms with Crippen LogP contribution in [0.3, 0.4) is 0 Å². The van der Waals surface area contributed by atoms with E-state index in [0.717, 1.165) is 0 Å². The molecule has 0 fully saturated rings. The van der Waals surface area contributed by atoms with Crippen molar-refractivity contribution in [2.75, 3.05) is 11.1 Å². The molecular formula is C30H22F6N2O8S2. The quantitative estimate of drug-likeness (QED) is 0.0705. The molecule has 5 N–H and O–H groups in total. The second-order valence-electron chi connectivity index (χ2n) is 10.3. The maximum absolute atomic E-state index is 14.7. The van der Waals surface area contributed by atoms with Gasteiger partial charge < -0.3 is 11.1 Å². The highest BCUT2D eigenvalue weighted by Crippen LogP contribution is 2.57. The Balaban J connectivity index is 1.82. The van der Waals surface area contributed by atoms with E-state index in [1.807, 2.05) is 5.32 Å². The topological polar surface area (TPSA) is 181 Å². The third kappa shape index (κ3) is 6.77. The Labute approximate surface area is 268 Å². The predicted octanol–water partition coefficient (Wildman–Crippen LogP) is 6.29. The molecule has 0 saturated carbocycles. The number of Topliss-reactive ketones (excluding diaryl/α,β-unsaturated/α-hetero) is 1. The summed E-state index contributed by atoms with van der Waals surface area (Å²) in [5.74, 6) is -1.23. The van der Waals surface area contributed by atoms with Crippen LogP contribution in [0.4, 0.5) is 37.7 Å². The molecule has 0 heterocycles.